The molecule has 1 aliphatic rings. The largest absolute Gasteiger partial charge is 0.294 e. The van der Waals surface area contributed by atoms with E-state index in [9.17, 15) is 4.79 Å². The number of ketones is 1. The lowest BCUT2D eigenvalue weighted by Gasteiger charge is -2.05. The highest BCUT2D eigenvalue weighted by molar-refractivity contribution is 9.10. The number of carbonyl (C=O) groups is 1. The molecule has 1 aromatic heterocycles. The van der Waals surface area contributed by atoms with Crippen LogP contribution in [-0.2, 0) is 24.2 Å². The molecule has 0 amide bonds. The van der Waals surface area contributed by atoms with E-state index in [0.717, 1.165) is 53.7 Å². The van der Waals surface area contributed by atoms with E-state index in [1.807, 2.05) is 4.68 Å². The minimum absolute atomic E-state index is 0.255. The van der Waals surface area contributed by atoms with Gasteiger partial charge in [0.15, 0.2) is 5.78 Å². The summed E-state index contributed by atoms with van der Waals surface area (Å²) in [5.41, 5.74) is 3.07. The van der Waals surface area contributed by atoms with Gasteiger partial charge in [0.05, 0.1) is 22.3 Å². The molecule has 0 N–H and O–H groups in total. The van der Waals surface area contributed by atoms with Crippen molar-refractivity contribution in [1.82, 2.24) is 9.78 Å². The molecule has 18 heavy (non-hydrogen) atoms. The van der Waals surface area contributed by atoms with Gasteiger partial charge >= 0.3 is 0 Å². The fraction of sp³-hybridized carbons (Fsp3) is 0.571. The van der Waals surface area contributed by atoms with E-state index < -0.39 is 0 Å². The predicted molar refractivity (Wildman–Crippen MR) is 75.6 cm³/mol. The van der Waals surface area contributed by atoms with Crippen LogP contribution in [-0.4, -0.2) is 15.6 Å². The molecule has 0 unspecified atom stereocenters. The van der Waals surface area contributed by atoms with Crippen molar-refractivity contribution >= 4 is 21.7 Å². The Morgan fingerprint density at radius 1 is 1.50 bits per heavy atom. The van der Waals surface area contributed by atoms with Gasteiger partial charge in [-0.05, 0) is 54.1 Å². The van der Waals surface area contributed by atoms with E-state index in [2.05, 4.69) is 41.0 Å². The first-order valence-corrected chi connectivity index (χ1v) is 7.42. The molecule has 98 valence electrons. The van der Waals surface area contributed by atoms with Crippen molar-refractivity contribution in [2.75, 3.05) is 0 Å². The first-order valence-electron chi connectivity index (χ1n) is 6.63. The Morgan fingerprint density at radius 3 is 2.83 bits per heavy atom. The van der Waals surface area contributed by atoms with Crippen molar-refractivity contribution in [3.8, 4) is 0 Å². The first kappa shape index (κ1) is 13.5. The van der Waals surface area contributed by atoms with Crippen LogP contribution < -0.4 is 0 Å². The van der Waals surface area contributed by atoms with Crippen LogP contribution in [0.1, 0.15) is 44.5 Å². The number of hydrogen-bond acceptors (Lipinski definition) is 2. The lowest BCUT2D eigenvalue weighted by atomic mass is 10.1. The zero-order valence-electron chi connectivity index (χ0n) is 11.0. The molecule has 1 aliphatic carbocycles. The summed E-state index contributed by atoms with van der Waals surface area (Å²) >= 11 is 3.59. The summed E-state index contributed by atoms with van der Waals surface area (Å²) in [6, 6.07) is 0. The number of Topliss-reactive ketones (excluding diaryl/α,β-unsaturated/α-hetero) is 1. The van der Waals surface area contributed by atoms with Crippen LogP contribution in [0.15, 0.2) is 16.1 Å². The molecule has 0 aliphatic heterocycles. The number of carbonyl (C=O) groups excluding carboxylic acids is 1. The molecule has 1 heterocycles. The zero-order chi connectivity index (χ0) is 13.1. The van der Waals surface area contributed by atoms with Gasteiger partial charge in [-0.2, -0.15) is 5.10 Å². The molecule has 3 nitrogen and oxygen atoms in total. The lowest BCUT2D eigenvalue weighted by molar-refractivity contribution is -0.115. The van der Waals surface area contributed by atoms with Gasteiger partial charge in [-0.25, -0.2) is 0 Å². The molecule has 0 aromatic carbocycles. The van der Waals surface area contributed by atoms with Gasteiger partial charge in [0.2, 0.25) is 0 Å². The third-order valence-corrected chi connectivity index (χ3v) is 4.34. The van der Waals surface area contributed by atoms with Crippen molar-refractivity contribution in [3.05, 3.63) is 27.5 Å². The lowest BCUT2D eigenvalue weighted by Crippen LogP contribution is -2.11. The molecule has 0 bridgehead atoms. The quantitative estimate of drug-likeness (QED) is 0.835. The Balaban J connectivity index is 2.22. The van der Waals surface area contributed by atoms with Crippen LogP contribution in [0.4, 0.5) is 0 Å². The summed E-state index contributed by atoms with van der Waals surface area (Å²) in [4.78, 5) is 12.2. The molecule has 0 saturated carbocycles. The first-order chi connectivity index (χ1) is 8.67. The minimum atomic E-state index is 0.255. The summed E-state index contributed by atoms with van der Waals surface area (Å²) < 4.78 is 2.95. The molecule has 0 fully saturated rings. The second-order valence-corrected chi connectivity index (χ2v) is 5.39. The Kier molecular flexibility index (Phi) is 4.38. The van der Waals surface area contributed by atoms with Crippen LogP contribution in [0.2, 0.25) is 0 Å². The average molecular weight is 311 g/mol. The SMILES string of the molecule is CCc1nn(CC)c(CC(=O)C2=CCCC2)c1Br. The Labute approximate surface area is 116 Å². The van der Waals surface area contributed by atoms with Crippen molar-refractivity contribution in [2.45, 2.75) is 52.5 Å². The normalized spacial score (nSPS) is 14.9. The van der Waals surface area contributed by atoms with E-state index in [0.29, 0.717) is 6.42 Å². The molecular formula is C14H19BrN2O. The van der Waals surface area contributed by atoms with Crippen LogP contribution in [0.5, 0.6) is 0 Å². The fourth-order valence-electron chi connectivity index (χ4n) is 2.38. The van der Waals surface area contributed by atoms with Crippen molar-refractivity contribution in [2.24, 2.45) is 0 Å². The summed E-state index contributed by atoms with van der Waals surface area (Å²) in [6.07, 6.45) is 6.55. The van der Waals surface area contributed by atoms with Crippen molar-refractivity contribution in [1.29, 1.82) is 0 Å². The Bertz CT molecular complexity index is 488. The predicted octanol–water partition coefficient (Wildman–Crippen LogP) is 3.45. The van der Waals surface area contributed by atoms with E-state index in [1.165, 1.54) is 0 Å². The summed E-state index contributed by atoms with van der Waals surface area (Å²) in [6.45, 7) is 4.94. The highest BCUT2D eigenvalue weighted by atomic mass is 79.9. The van der Waals surface area contributed by atoms with Crippen LogP contribution >= 0.6 is 15.9 Å². The number of allylic oxidation sites excluding steroid dienone is 2. The molecule has 0 atom stereocenters. The molecule has 0 radical (unpaired) electrons. The third kappa shape index (κ3) is 2.58. The van der Waals surface area contributed by atoms with Gasteiger partial charge < -0.3 is 0 Å². The van der Waals surface area contributed by atoms with Crippen molar-refractivity contribution < 1.29 is 4.79 Å². The van der Waals surface area contributed by atoms with Gasteiger partial charge in [-0.15, -0.1) is 0 Å². The number of nitrogens with zero attached hydrogens (tertiary/aromatic N) is 2. The second-order valence-electron chi connectivity index (χ2n) is 4.60. The Hall–Kier alpha value is -0.900. The highest BCUT2D eigenvalue weighted by Crippen LogP contribution is 2.25. The van der Waals surface area contributed by atoms with Gasteiger partial charge in [0.1, 0.15) is 0 Å². The molecule has 2 rings (SSSR count). The fourth-order valence-corrected chi connectivity index (χ4v) is 3.08. The Morgan fingerprint density at radius 2 is 2.28 bits per heavy atom. The molecule has 1 aromatic rings. The van der Waals surface area contributed by atoms with E-state index in [-0.39, 0.29) is 5.78 Å². The molecule has 4 heteroatoms. The molecular weight excluding hydrogens is 292 g/mol. The van der Waals surface area contributed by atoms with E-state index >= 15 is 0 Å². The maximum Gasteiger partial charge on any atom is 0.164 e. The van der Waals surface area contributed by atoms with Gasteiger partial charge in [0, 0.05) is 6.54 Å². The second kappa shape index (κ2) is 5.83. The summed E-state index contributed by atoms with van der Waals surface area (Å²) in [5.74, 6) is 0.255. The van der Waals surface area contributed by atoms with Gasteiger partial charge in [-0.3, -0.25) is 9.48 Å². The van der Waals surface area contributed by atoms with E-state index in [4.69, 9.17) is 0 Å². The van der Waals surface area contributed by atoms with Crippen LogP contribution in [0, 0.1) is 0 Å². The maximum atomic E-state index is 12.2. The number of rotatable bonds is 5. The van der Waals surface area contributed by atoms with Gasteiger partial charge in [-0.1, -0.05) is 13.0 Å². The molecule has 0 saturated heterocycles. The van der Waals surface area contributed by atoms with Crippen LogP contribution in [0.25, 0.3) is 0 Å². The smallest absolute Gasteiger partial charge is 0.164 e. The van der Waals surface area contributed by atoms with E-state index in [1.54, 1.807) is 0 Å². The third-order valence-electron chi connectivity index (χ3n) is 3.42. The topological polar surface area (TPSA) is 34.9 Å². The molecule has 0 spiro atoms. The standard InChI is InChI=1S/C14H19BrN2O/c1-3-11-14(15)12(17(4-2)16-11)9-13(18)10-7-5-6-8-10/h7H,3-6,8-9H2,1-2H3. The summed E-state index contributed by atoms with van der Waals surface area (Å²) in [7, 11) is 0. The number of aromatic nitrogens is 2. The summed E-state index contributed by atoms with van der Waals surface area (Å²) in [5, 5.41) is 4.52. The number of aryl methyl sites for hydroxylation is 2. The van der Waals surface area contributed by atoms with Crippen LogP contribution in [0.3, 0.4) is 0 Å². The van der Waals surface area contributed by atoms with Gasteiger partial charge in [0.25, 0.3) is 0 Å². The number of halogens is 1. The minimum Gasteiger partial charge on any atom is -0.294 e. The monoisotopic (exact) mass is 310 g/mol. The highest BCUT2D eigenvalue weighted by Gasteiger charge is 2.20. The number of hydrogen-bond donors (Lipinski definition) is 0. The van der Waals surface area contributed by atoms with Crippen molar-refractivity contribution in [3.63, 3.8) is 0 Å². The maximum absolute atomic E-state index is 12.2. The zero-order valence-corrected chi connectivity index (χ0v) is 12.6. The average Bonchev–Trinajstić information content (AvgIpc) is 2.99.